The van der Waals surface area contributed by atoms with Crippen molar-refractivity contribution in [2.24, 2.45) is 0 Å². The summed E-state index contributed by atoms with van der Waals surface area (Å²) in [5, 5.41) is 0. The summed E-state index contributed by atoms with van der Waals surface area (Å²) in [6.45, 7) is 3.56. The summed E-state index contributed by atoms with van der Waals surface area (Å²) in [6.07, 6.45) is 6.02. The van der Waals surface area contributed by atoms with Crippen LogP contribution in [0.3, 0.4) is 0 Å². The number of carbonyl (C=O) groups excluding carboxylic acids is 1. The third kappa shape index (κ3) is 5.76. The normalized spacial score (nSPS) is 14.1. The minimum Gasteiger partial charge on any atom is -0.493 e. The second-order valence-corrected chi connectivity index (χ2v) is 7.62. The van der Waals surface area contributed by atoms with E-state index >= 15 is 0 Å². The van der Waals surface area contributed by atoms with Crippen molar-refractivity contribution in [3.05, 3.63) is 47.4 Å². The van der Waals surface area contributed by atoms with E-state index in [-0.39, 0.29) is 5.91 Å². The number of nitrogens with zero attached hydrogens (tertiary/aromatic N) is 2. The maximum atomic E-state index is 12.7. The third-order valence-electron chi connectivity index (χ3n) is 5.56. The summed E-state index contributed by atoms with van der Waals surface area (Å²) >= 11 is 0. The lowest BCUT2D eigenvalue weighted by Crippen LogP contribution is -2.35. The minimum absolute atomic E-state index is 0.191. The first kappa shape index (κ1) is 21.2. The summed E-state index contributed by atoms with van der Waals surface area (Å²) in [4.78, 5) is 17.1. The highest BCUT2D eigenvalue weighted by molar-refractivity contribution is 5.80. The average Bonchev–Trinajstić information content (AvgIpc) is 3.18. The molecular formula is C23H32N2O4. The highest BCUT2D eigenvalue weighted by atomic mass is 16.5. The number of methoxy groups -OCH3 is 2. The quantitative estimate of drug-likeness (QED) is 0.613. The first-order chi connectivity index (χ1) is 14.1. The fourth-order valence-corrected chi connectivity index (χ4v) is 3.87. The van der Waals surface area contributed by atoms with Gasteiger partial charge in [-0.1, -0.05) is 0 Å². The van der Waals surface area contributed by atoms with Crippen molar-refractivity contribution >= 4 is 5.91 Å². The Morgan fingerprint density at radius 3 is 2.52 bits per heavy atom. The smallest absolute Gasteiger partial charge is 0.227 e. The largest absolute Gasteiger partial charge is 0.493 e. The Kier molecular flexibility index (Phi) is 7.58. The number of ether oxygens (including phenoxy) is 2. The van der Waals surface area contributed by atoms with E-state index in [0.29, 0.717) is 12.2 Å². The summed E-state index contributed by atoms with van der Waals surface area (Å²) in [7, 11) is 5.41. The van der Waals surface area contributed by atoms with Crippen LogP contribution in [0.15, 0.2) is 34.9 Å². The predicted molar refractivity (Wildman–Crippen MR) is 113 cm³/mol. The standard InChI is InChI=1S/C23H32N2O4/c1-24(10-4-7-20-8-5-14-29-20)11-6-12-25-13-9-18-15-21(27-2)22(28-3)16-19(18)17-23(25)26/h5,8,14-16H,4,6-7,9-13,17H2,1-3H3. The van der Waals surface area contributed by atoms with Crippen LogP contribution in [0.4, 0.5) is 0 Å². The number of rotatable bonds is 10. The minimum atomic E-state index is 0.191. The average molecular weight is 401 g/mol. The van der Waals surface area contributed by atoms with E-state index in [0.717, 1.165) is 68.9 Å². The lowest BCUT2D eigenvalue weighted by molar-refractivity contribution is -0.130. The van der Waals surface area contributed by atoms with Crippen LogP contribution in [0.2, 0.25) is 0 Å². The molecule has 6 nitrogen and oxygen atoms in total. The molecule has 0 saturated heterocycles. The Labute approximate surface area is 173 Å². The van der Waals surface area contributed by atoms with Gasteiger partial charge in [0.05, 0.1) is 26.9 Å². The molecule has 0 spiro atoms. The molecule has 6 heteroatoms. The fraction of sp³-hybridized carbons (Fsp3) is 0.522. The Morgan fingerprint density at radius 1 is 1.10 bits per heavy atom. The summed E-state index contributed by atoms with van der Waals surface area (Å²) < 4.78 is 16.2. The molecule has 1 aromatic carbocycles. The van der Waals surface area contributed by atoms with Crippen molar-refractivity contribution in [3.63, 3.8) is 0 Å². The van der Waals surface area contributed by atoms with Crippen molar-refractivity contribution in [3.8, 4) is 11.5 Å². The Morgan fingerprint density at radius 2 is 1.83 bits per heavy atom. The van der Waals surface area contributed by atoms with Gasteiger partial charge in [0.25, 0.3) is 0 Å². The molecule has 0 unspecified atom stereocenters. The molecule has 0 aliphatic carbocycles. The molecule has 2 heterocycles. The van der Waals surface area contributed by atoms with E-state index in [2.05, 4.69) is 11.9 Å². The molecule has 1 aliphatic rings. The number of hydrogen-bond donors (Lipinski definition) is 0. The number of carbonyl (C=O) groups is 1. The van der Waals surface area contributed by atoms with E-state index in [1.165, 1.54) is 5.56 Å². The molecule has 2 aromatic rings. The number of amides is 1. The van der Waals surface area contributed by atoms with Crippen LogP contribution in [-0.2, 0) is 24.1 Å². The number of hydrogen-bond acceptors (Lipinski definition) is 5. The van der Waals surface area contributed by atoms with E-state index in [1.807, 2.05) is 29.2 Å². The zero-order valence-electron chi connectivity index (χ0n) is 17.8. The van der Waals surface area contributed by atoms with Crippen molar-refractivity contribution < 1.29 is 18.7 Å². The van der Waals surface area contributed by atoms with Crippen molar-refractivity contribution in [2.45, 2.75) is 32.1 Å². The van der Waals surface area contributed by atoms with Gasteiger partial charge in [0.15, 0.2) is 11.5 Å². The summed E-state index contributed by atoms with van der Waals surface area (Å²) in [5.41, 5.74) is 2.22. The van der Waals surface area contributed by atoms with Gasteiger partial charge in [-0.05, 0) is 74.8 Å². The topological polar surface area (TPSA) is 55.2 Å². The molecule has 0 N–H and O–H groups in total. The molecule has 1 aromatic heterocycles. The zero-order valence-corrected chi connectivity index (χ0v) is 17.8. The molecule has 0 atom stereocenters. The lowest BCUT2D eigenvalue weighted by Gasteiger charge is -2.22. The van der Waals surface area contributed by atoms with Gasteiger partial charge in [0, 0.05) is 19.5 Å². The first-order valence-corrected chi connectivity index (χ1v) is 10.3. The number of aryl methyl sites for hydroxylation is 1. The molecule has 1 amide bonds. The van der Waals surface area contributed by atoms with Gasteiger partial charge in [-0.25, -0.2) is 0 Å². The first-order valence-electron chi connectivity index (χ1n) is 10.3. The van der Waals surface area contributed by atoms with Gasteiger partial charge in [-0.15, -0.1) is 0 Å². The van der Waals surface area contributed by atoms with E-state index in [1.54, 1.807) is 20.5 Å². The maximum absolute atomic E-state index is 12.7. The second kappa shape index (κ2) is 10.3. The maximum Gasteiger partial charge on any atom is 0.227 e. The van der Waals surface area contributed by atoms with Gasteiger partial charge in [0.2, 0.25) is 5.91 Å². The Balaban J connectivity index is 1.45. The Bertz CT molecular complexity index is 788. The van der Waals surface area contributed by atoms with Crippen molar-refractivity contribution in [1.82, 2.24) is 9.80 Å². The van der Waals surface area contributed by atoms with Gasteiger partial charge in [-0.3, -0.25) is 4.79 Å². The van der Waals surface area contributed by atoms with Crippen LogP contribution in [0.25, 0.3) is 0 Å². The fourth-order valence-electron chi connectivity index (χ4n) is 3.87. The highest BCUT2D eigenvalue weighted by Crippen LogP contribution is 2.32. The molecule has 0 bridgehead atoms. The molecule has 29 heavy (non-hydrogen) atoms. The van der Waals surface area contributed by atoms with Crippen LogP contribution in [0.1, 0.15) is 29.7 Å². The molecule has 3 rings (SSSR count). The van der Waals surface area contributed by atoms with Crippen LogP contribution >= 0.6 is 0 Å². The molecule has 1 aliphatic heterocycles. The zero-order chi connectivity index (χ0) is 20.6. The van der Waals surface area contributed by atoms with E-state index in [4.69, 9.17) is 13.9 Å². The number of fused-ring (bicyclic) bond motifs is 1. The van der Waals surface area contributed by atoms with Crippen LogP contribution in [0, 0.1) is 0 Å². The van der Waals surface area contributed by atoms with Gasteiger partial charge < -0.3 is 23.7 Å². The lowest BCUT2D eigenvalue weighted by atomic mass is 10.0. The van der Waals surface area contributed by atoms with Crippen molar-refractivity contribution in [1.29, 1.82) is 0 Å². The summed E-state index contributed by atoms with van der Waals surface area (Å²) in [5.74, 6) is 2.64. The predicted octanol–water partition coefficient (Wildman–Crippen LogP) is 3.18. The molecule has 0 radical (unpaired) electrons. The van der Waals surface area contributed by atoms with E-state index in [9.17, 15) is 4.79 Å². The van der Waals surface area contributed by atoms with Gasteiger partial charge in [0.1, 0.15) is 5.76 Å². The van der Waals surface area contributed by atoms with Gasteiger partial charge in [-0.2, -0.15) is 0 Å². The third-order valence-corrected chi connectivity index (χ3v) is 5.56. The molecule has 158 valence electrons. The SMILES string of the molecule is COc1cc2c(cc1OC)CC(=O)N(CCCN(C)CCCc1ccco1)CC2. The van der Waals surface area contributed by atoms with E-state index < -0.39 is 0 Å². The van der Waals surface area contributed by atoms with Gasteiger partial charge >= 0.3 is 0 Å². The summed E-state index contributed by atoms with van der Waals surface area (Å²) in [6, 6.07) is 7.91. The highest BCUT2D eigenvalue weighted by Gasteiger charge is 2.22. The second-order valence-electron chi connectivity index (χ2n) is 7.62. The molecular weight excluding hydrogens is 368 g/mol. The number of furan rings is 1. The monoisotopic (exact) mass is 400 g/mol. The van der Waals surface area contributed by atoms with Crippen molar-refractivity contribution in [2.75, 3.05) is 47.4 Å². The van der Waals surface area contributed by atoms with Crippen LogP contribution < -0.4 is 9.47 Å². The number of benzene rings is 1. The molecule has 0 saturated carbocycles. The van der Waals surface area contributed by atoms with Crippen LogP contribution in [0.5, 0.6) is 11.5 Å². The molecule has 0 fully saturated rings. The van der Waals surface area contributed by atoms with Crippen LogP contribution in [-0.4, -0.2) is 63.2 Å². The Hall–Kier alpha value is -2.47.